The van der Waals surface area contributed by atoms with Gasteiger partial charge in [0.2, 0.25) is 5.91 Å². The van der Waals surface area contributed by atoms with Crippen LogP contribution in [-0.2, 0) is 4.79 Å². The summed E-state index contributed by atoms with van der Waals surface area (Å²) in [6.45, 7) is -0.285. The molecule has 3 N–H and O–H groups in total. The van der Waals surface area contributed by atoms with Crippen LogP contribution in [0.1, 0.15) is 24.3 Å². The molecule has 1 saturated heterocycles. The van der Waals surface area contributed by atoms with Gasteiger partial charge in [-0.25, -0.2) is 8.78 Å². The van der Waals surface area contributed by atoms with Crippen LogP contribution in [0.2, 0.25) is 0 Å². The third-order valence-corrected chi connectivity index (χ3v) is 3.86. The minimum atomic E-state index is -4.77. The molecule has 23 heavy (non-hydrogen) atoms. The lowest BCUT2D eigenvalue weighted by Crippen LogP contribution is -2.40. The Kier molecular flexibility index (Phi) is 6.35. The Balaban J connectivity index is 0.00000264. The lowest BCUT2D eigenvalue weighted by molar-refractivity contribution is -0.163. The summed E-state index contributed by atoms with van der Waals surface area (Å²) in [5.74, 6) is -6.68. The van der Waals surface area contributed by atoms with E-state index in [4.69, 9.17) is 5.73 Å². The number of rotatable bonds is 2. The Labute approximate surface area is 135 Å². The standard InChI is InChI=1S/C14H15F5N2O.ClH/c15-9-3-1-2-8(12(9)16)11(14(17,18)19)7-4-5-10(20)13(22)21-6-7;/h1-3,7,10-11H,4-6,20H2,(H,21,22);1H/t7-,10-,11?;/m1./s1. The van der Waals surface area contributed by atoms with Gasteiger partial charge in [0.25, 0.3) is 0 Å². The zero-order valence-corrected chi connectivity index (χ0v) is 12.7. The van der Waals surface area contributed by atoms with Gasteiger partial charge in [-0.05, 0) is 24.8 Å². The zero-order chi connectivity index (χ0) is 16.5. The normalized spacial score (nSPS) is 23.5. The number of carbonyl (C=O) groups excluding carboxylic acids is 1. The van der Waals surface area contributed by atoms with Crippen molar-refractivity contribution in [3.8, 4) is 0 Å². The summed E-state index contributed by atoms with van der Waals surface area (Å²) in [6.07, 6.45) is -4.72. The molecule has 0 aromatic heterocycles. The molecule has 1 amide bonds. The number of amides is 1. The van der Waals surface area contributed by atoms with E-state index in [9.17, 15) is 26.7 Å². The fourth-order valence-electron chi connectivity index (χ4n) is 2.73. The van der Waals surface area contributed by atoms with Gasteiger partial charge in [0.15, 0.2) is 11.6 Å². The maximum Gasteiger partial charge on any atom is 0.396 e. The highest BCUT2D eigenvalue weighted by atomic mass is 35.5. The number of nitrogens with one attached hydrogen (secondary N) is 1. The molecule has 130 valence electrons. The maximum atomic E-state index is 13.8. The molecule has 3 atom stereocenters. The largest absolute Gasteiger partial charge is 0.396 e. The number of hydrogen-bond donors (Lipinski definition) is 2. The van der Waals surface area contributed by atoms with Crippen molar-refractivity contribution in [1.29, 1.82) is 0 Å². The molecule has 9 heteroatoms. The van der Waals surface area contributed by atoms with Crippen molar-refractivity contribution < 1.29 is 26.7 Å². The molecule has 1 aromatic carbocycles. The van der Waals surface area contributed by atoms with Crippen molar-refractivity contribution in [2.24, 2.45) is 11.7 Å². The number of benzene rings is 1. The van der Waals surface area contributed by atoms with Gasteiger partial charge in [-0.15, -0.1) is 12.4 Å². The van der Waals surface area contributed by atoms with Crippen LogP contribution in [0.5, 0.6) is 0 Å². The van der Waals surface area contributed by atoms with Crippen LogP contribution in [0, 0.1) is 17.6 Å². The second-order valence-corrected chi connectivity index (χ2v) is 5.35. The first-order chi connectivity index (χ1) is 10.2. The van der Waals surface area contributed by atoms with E-state index in [1.54, 1.807) is 0 Å². The maximum absolute atomic E-state index is 13.8. The zero-order valence-electron chi connectivity index (χ0n) is 11.9. The second-order valence-electron chi connectivity index (χ2n) is 5.35. The molecule has 1 aromatic rings. The topological polar surface area (TPSA) is 55.1 Å². The molecule has 1 aliphatic rings. The quantitative estimate of drug-likeness (QED) is 0.799. The Bertz CT molecular complexity index is 567. The molecule has 1 aliphatic heterocycles. The van der Waals surface area contributed by atoms with E-state index in [2.05, 4.69) is 5.32 Å². The molecule has 0 spiro atoms. The van der Waals surface area contributed by atoms with Crippen LogP contribution in [0.25, 0.3) is 0 Å². The molecular formula is C14H16ClF5N2O. The molecule has 1 fully saturated rings. The van der Waals surface area contributed by atoms with Crippen LogP contribution in [0.15, 0.2) is 18.2 Å². The summed E-state index contributed by atoms with van der Waals surface area (Å²) in [7, 11) is 0. The SMILES string of the molecule is Cl.N[C@@H]1CC[C@@H](C(c2cccc(F)c2F)C(F)(F)F)CNC1=O. The number of carbonyl (C=O) groups is 1. The number of hydrogen-bond acceptors (Lipinski definition) is 2. The molecular weight excluding hydrogens is 343 g/mol. The van der Waals surface area contributed by atoms with Gasteiger partial charge in [-0.1, -0.05) is 12.1 Å². The van der Waals surface area contributed by atoms with Crippen LogP contribution < -0.4 is 11.1 Å². The number of alkyl halides is 3. The Morgan fingerprint density at radius 2 is 1.87 bits per heavy atom. The first-order valence-corrected chi connectivity index (χ1v) is 6.75. The fourth-order valence-corrected chi connectivity index (χ4v) is 2.73. The summed E-state index contributed by atoms with van der Waals surface area (Å²) in [5.41, 5.74) is 4.77. The minimum Gasteiger partial charge on any atom is -0.354 e. The van der Waals surface area contributed by atoms with Crippen LogP contribution >= 0.6 is 12.4 Å². The van der Waals surface area contributed by atoms with Crippen molar-refractivity contribution in [3.05, 3.63) is 35.4 Å². The minimum absolute atomic E-state index is 0. The first kappa shape index (κ1) is 19.6. The van der Waals surface area contributed by atoms with Gasteiger partial charge in [0.1, 0.15) is 0 Å². The molecule has 0 bridgehead atoms. The highest BCUT2D eigenvalue weighted by molar-refractivity contribution is 5.85. The van der Waals surface area contributed by atoms with E-state index in [0.29, 0.717) is 0 Å². The highest BCUT2D eigenvalue weighted by Crippen LogP contribution is 2.43. The predicted octanol–water partition coefficient (Wildman–Crippen LogP) is 2.89. The molecule has 0 aliphatic carbocycles. The molecule has 0 radical (unpaired) electrons. The summed E-state index contributed by atoms with van der Waals surface area (Å²) < 4.78 is 67.3. The number of halogens is 6. The Hall–Kier alpha value is -1.41. The van der Waals surface area contributed by atoms with Crippen molar-refractivity contribution in [3.63, 3.8) is 0 Å². The average molecular weight is 359 g/mol. The molecule has 1 unspecified atom stereocenters. The monoisotopic (exact) mass is 358 g/mol. The summed E-state index contributed by atoms with van der Waals surface area (Å²) in [4.78, 5) is 11.4. The summed E-state index contributed by atoms with van der Waals surface area (Å²) >= 11 is 0. The van der Waals surface area contributed by atoms with E-state index < -0.39 is 47.2 Å². The summed E-state index contributed by atoms with van der Waals surface area (Å²) in [5, 5.41) is 2.32. The van der Waals surface area contributed by atoms with Crippen LogP contribution in [0.4, 0.5) is 22.0 Å². The average Bonchev–Trinajstić information content (AvgIpc) is 2.58. The van der Waals surface area contributed by atoms with E-state index in [1.807, 2.05) is 0 Å². The van der Waals surface area contributed by atoms with E-state index in [0.717, 1.165) is 18.2 Å². The summed E-state index contributed by atoms with van der Waals surface area (Å²) in [6, 6.07) is 1.82. The first-order valence-electron chi connectivity index (χ1n) is 6.75. The van der Waals surface area contributed by atoms with Crippen molar-refractivity contribution in [2.45, 2.75) is 31.0 Å². The lowest BCUT2D eigenvalue weighted by Gasteiger charge is -2.28. The van der Waals surface area contributed by atoms with E-state index in [-0.39, 0.29) is 31.8 Å². The molecule has 2 rings (SSSR count). The van der Waals surface area contributed by atoms with E-state index in [1.165, 1.54) is 0 Å². The molecule has 3 nitrogen and oxygen atoms in total. The Morgan fingerprint density at radius 1 is 1.22 bits per heavy atom. The third-order valence-electron chi connectivity index (χ3n) is 3.86. The second kappa shape index (κ2) is 7.44. The Morgan fingerprint density at radius 3 is 2.48 bits per heavy atom. The van der Waals surface area contributed by atoms with Crippen LogP contribution in [0.3, 0.4) is 0 Å². The van der Waals surface area contributed by atoms with Gasteiger partial charge in [-0.2, -0.15) is 13.2 Å². The smallest absolute Gasteiger partial charge is 0.354 e. The lowest BCUT2D eigenvalue weighted by atomic mass is 9.82. The van der Waals surface area contributed by atoms with E-state index >= 15 is 0 Å². The van der Waals surface area contributed by atoms with Crippen LogP contribution in [-0.4, -0.2) is 24.7 Å². The molecule has 0 saturated carbocycles. The third kappa shape index (κ3) is 4.32. The van der Waals surface area contributed by atoms with Gasteiger partial charge in [0, 0.05) is 12.1 Å². The highest BCUT2D eigenvalue weighted by Gasteiger charge is 2.47. The van der Waals surface area contributed by atoms with Gasteiger partial charge in [-0.3, -0.25) is 4.79 Å². The van der Waals surface area contributed by atoms with Crippen molar-refractivity contribution >= 4 is 18.3 Å². The van der Waals surface area contributed by atoms with Crippen molar-refractivity contribution in [2.75, 3.05) is 6.54 Å². The predicted molar refractivity (Wildman–Crippen MR) is 76.1 cm³/mol. The van der Waals surface area contributed by atoms with Gasteiger partial charge in [0.05, 0.1) is 12.0 Å². The van der Waals surface area contributed by atoms with Crippen molar-refractivity contribution in [1.82, 2.24) is 5.32 Å². The number of nitrogens with two attached hydrogens (primary N) is 1. The van der Waals surface area contributed by atoms with Gasteiger partial charge < -0.3 is 11.1 Å². The van der Waals surface area contributed by atoms with Gasteiger partial charge >= 0.3 is 6.18 Å². The molecule has 1 heterocycles. The fraction of sp³-hybridized carbons (Fsp3) is 0.500.